The molecule has 88 valence electrons. The van der Waals surface area contributed by atoms with Gasteiger partial charge in [-0.05, 0) is 36.3 Å². The molecule has 1 aromatic carbocycles. The highest BCUT2D eigenvalue weighted by Gasteiger charge is 2.29. The van der Waals surface area contributed by atoms with Crippen LogP contribution in [0.5, 0.6) is 0 Å². The molecular formula is C14H19BrO. The third-order valence-electron chi connectivity index (χ3n) is 3.42. The first-order chi connectivity index (χ1) is 7.83. The fourth-order valence-electron chi connectivity index (χ4n) is 2.53. The van der Waals surface area contributed by atoms with Gasteiger partial charge in [0, 0.05) is 18.5 Å². The molecule has 0 N–H and O–H groups in total. The van der Waals surface area contributed by atoms with Crippen molar-refractivity contribution in [2.24, 2.45) is 5.92 Å². The van der Waals surface area contributed by atoms with Crippen LogP contribution < -0.4 is 0 Å². The fourth-order valence-corrected chi connectivity index (χ4v) is 3.43. The molecule has 1 aliphatic rings. The summed E-state index contributed by atoms with van der Waals surface area (Å²) in [5, 5.41) is 0. The molecule has 0 amide bonds. The summed E-state index contributed by atoms with van der Waals surface area (Å²) in [6.45, 7) is 0.895. The van der Waals surface area contributed by atoms with E-state index in [1.54, 1.807) is 7.11 Å². The lowest BCUT2D eigenvalue weighted by molar-refractivity contribution is 0.190. The Hall–Kier alpha value is -0.340. The maximum absolute atomic E-state index is 5.08. The Morgan fingerprint density at radius 1 is 1.31 bits per heavy atom. The van der Waals surface area contributed by atoms with Gasteiger partial charge in [-0.1, -0.05) is 46.6 Å². The van der Waals surface area contributed by atoms with Gasteiger partial charge >= 0.3 is 0 Å². The van der Waals surface area contributed by atoms with Gasteiger partial charge in [0.2, 0.25) is 0 Å². The van der Waals surface area contributed by atoms with E-state index in [-0.39, 0.29) is 0 Å². The van der Waals surface area contributed by atoms with Crippen LogP contribution in [0, 0.1) is 5.92 Å². The quantitative estimate of drug-likeness (QED) is 0.583. The van der Waals surface area contributed by atoms with Crippen molar-refractivity contribution >= 4 is 15.9 Å². The van der Waals surface area contributed by atoms with Gasteiger partial charge in [-0.3, -0.25) is 0 Å². The van der Waals surface area contributed by atoms with Crippen molar-refractivity contribution in [2.75, 3.05) is 13.7 Å². The van der Waals surface area contributed by atoms with Crippen molar-refractivity contribution in [3.8, 4) is 0 Å². The molecule has 0 aromatic heterocycles. The molecule has 2 unspecified atom stereocenters. The van der Waals surface area contributed by atoms with Crippen molar-refractivity contribution in [1.29, 1.82) is 0 Å². The van der Waals surface area contributed by atoms with Crippen LogP contribution in [-0.4, -0.2) is 13.7 Å². The van der Waals surface area contributed by atoms with Crippen molar-refractivity contribution in [3.63, 3.8) is 0 Å². The van der Waals surface area contributed by atoms with Gasteiger partial charge in [0.15, 0.2) is 0 Å². The van der Waals surface area contributed by atoms with Crippen LogP contribution >= 0.6 is 15.9 Å². The summed E-state index contributed by atoms with van der Waals surface area (Å²) in [6, 6.07) is 8.80. The van der Waals surface area contributed by atoms with Crippen molar-refractivity contribution < 1.29 is 4.74 Å². The van der Waals surface area contributed by atoms with E-state index in [0.717, 1.165) is 12.5 Å². The molecule has 16 heavy (non-hydrogen) atoms. The molecule has 1 aromatic rings. The third kappa shape index (κ3) is 2.67. The van der Waals surface area contributed by atoms with E-state index in [1.807, 2.05) is 0 Å². The number of hydrogen-bond donors (Lipinski definition) is 0. The second-order valence-corrected chi connectivity index (χ2v) is 5.54. The van der Waals surface area contributed by atoms with Crippen LogP contribution in [0.1, 0.15) is 35.2 Å². The summed E-state index contributed by atoms with van der Waals surface area (Å²) >= 11 is 3.84. The summed E-state index contributed by atoms with van der Waals surface area (Å²) in [4.78, 5) is 0.561. The first-order valence-corrected chi connectivity index (χ1v) is 6.95. The molecule has 0 saturated carbocycles. The smallest absolute Gasteiger partial charge is 0.0462 e. The molecule has 2 rings (SSSR count). The molecule has 0 bridgehead atoms. The fraction of sp³-hybridized carbons (Fsp3) is 0.571. The molecule has 0 heterocycles. The number of unbranched alkanes of at least 4 members (excludes halogenated alkanes) is 1. The number of methoxy groups -OCH3 is 1. The third-order valence-corrected chi connectivity index (χ3v) is 4.66. The summed E-state index contributed by atoms with van der Waals surface area (Å²) in [5.74, 6) is 0.772. The van der Waals surface area contributed by atoms with E-state index in [1.165, 1.54) is 36.8 Å². The van der Waals surface area contributed by atoms with Gasteiger partial charge in [-0.25, -0.2) is 0 Å². The number of alkyl halides is 1. The number of rotatable bonds is 5. The van der Waals surface area contributed by atoms with E-state index < -0.39 is 0 Å². The summed E-state index contributed by atoms with van der Waals surface area (Å²) < 4.78 is 5.08. The van der Waals surface area contributed by atoms with Crippen molar-refractivity contribution in [1.82, 2.24) is 0 Å². The second-order valence-electron chi connectivity index (χ2n) is 4.55. The van der Waals surface area contributed by atoms with Gasteiger partial charge in [-0.2, -0.15) is 0 Å². The van der Waals surface area contributed by atoms with E-state index in [0.29, 0.717) is 4.83 Å². The largest absolute Gasteiger partial charge is 0.385 e. The summed E-state index contributed by atoms with van der Waals surface area (Å²) in [5.41, 5.74) is 3.03. The Bertz CT molecular complexity index is 337. The zero-order chi connectivity index (χ0) is 11.4. The first kappa shape index (κ1) is 12.1. The van der Waals surface area contributed by atoms with E-state index >= 15 is 0 Å². The molecule has 1 nitrogen and oxygen atoms in total. The second kappa shape index (κ2) is 5.83. The van der Waals surface area contributed by atoms with E-state index in [9.17, 15) is 0 Å². The molecule has 0 fully saturated rings. The van der Waals surface area contributed by atoms with E-state index in [4.69, 9.17) is 4.74 Å². The van der Waals surface area contributed by atoms with Gasteiger partial charge in [-0.15, -0.1) is 0 Å². The predicted molar refractivity (Wildman–Crippen MR) is 71.0 cm³/mol. The average Bonchev–Trinajstić information content (AvgIpc) is 2.63. The predicted octanol–water partition coefficient (Wildman–Crippen LogP) is 4.11. The van der Waals surface area contributed by atoms with Gasteiger partial charge in [0.1, 0.15) is 0 Å². The average molecular weight is 283 g/mol. The molecule has 1 aliphatic carbocycles. The minimum Gasteiger partial charge on any atom is -0.385 e. The number of fused-ring (bicyclic) bond motifs is 1. The Balaban J connectivity index is 1.87. The van der Waals surface area contributed by atoms with Crippen LogP contribution in [-0.2, 0) is 11.2 Å². The Morgan fingerprint density at radius 2 is 2.12 bits per heavy atom. The summed E-state index contributed by atoms with van der Waals surface area (Å²) in [7, 11) is 1.78. The molecule has 0 saturated heterocycles. The maximum Gasteiger partial charge on any atom is 0.0462 e. The molecule has 2 atom stereocenters. The van der Waals surface area contributed by atoms with Gasteiger partial charge in [0.25, 0.3) is 0 Å². The lowest BCUT2D eigenvalue weighted by Crippen LogP contribution is -2.03. The molecule has 0 aliphatic heterocycles. The SMILES string of the molecule is COCCCCC1Cc2ccccc2C1Br. The van der Waals surface area contributed by atoms with Crippen LogP contribution in [0.15, 0.2) is 24.3 Å². The number of ether oxygens (including phenoxy) is 1. The normalized spacial score (nSPS) is 23.4. The minimum atomic E-state index is 0.561. The molecule has 0 spiro atoms. The Morgan fingerprint density at radius 3 is 2.88 bits per heavy atom. The number of hydrogen-bond acceptors (Lipinski definition) is 1. The zero-order valence-electron chi connectivity index (χ0n) is 9.79. The van der Waals surface area contributed by atoms with Crippen LogP contribution in [0.2, 0.25) is 0 Å². The van der Waals surface area contributed by atoms with Gasteiger partial charge < -0.3 is 4.74 Å². The highest BCUT2D eigenvalue weighted by atomic mass is 79.9. The zero-order valence-corrected chi connectivity index (χ0v) is 11.4. The highest BCUT2D eigenvalue weighted by Crippen LogP contribution is 2.44. The monoisotopic (exact) mass is 282 g/mol. The first-order valence-electron chi connectivity index (χ1n) is 6.03. The number of benzene rings is 1. The lowest BCUT2D eigenvalue weighted by Gasteiger charge is -2.13. The lowest BCUT2D eigenvalue weighted by atomic mass is 9.99. The van der Waals surface area contributed by atoms with E-state index in [2.05, 4.69) is 40.2 Å². The summed E-state index contributed by atoms with van der Waals surface area (Å²) in [6.07, 6.45) is 4.99. The Labute approximate surface area is 106 Å². The minimum absolute atomic E-state index is 0.561. The Kier molecular flexibility index (Phi) is 4.42. The highest BCUT2D eigenvalue weighted by molar-refractivity contribution is 9.09. The molecule has 0 radical (unpaired) electrons. The van der Waals surface area contributed by atoms with Crippen LogP contribution in [0.3, 0.4) is 0 Å². The standard InChI is InChI=1S/C14H19BrO/c1-16-9-5-4-7-12-10-11-6-2-3-8-13(11)14(12)15/h2-3,6,8,12,14H,4-5,7,9-10H2,1H3. The van der Waals surface area contributed by atoms with Crippen molar-refractivity contribution in [3.05, 3.63) is 35.4 Å². The maximum atomic E-state index is 5.08. The van der Waals surface area contributed by atoms with Gasteiger partial charge in [0.05, 0.1) is 0 Å². The number of halogens is 1. The van der Waals surface area contributed by atoms with Crippen LogP contribution in [0.25, 0.3) is 0 Å². The van der Waals surface area contributed by atoms with Crippen molar-refractivity contribution in [2.45, 2.75) is 30.5 Å². The topological polar surface area (TPSA) is 9.23 Å². The molecular weight excluding hydrogens is 264 g/mol. The molecule has 2 heteroatoms. The van der Waals surface area contributed by atoms with Crippen LogP contribution in [0.4, 0.5) is 0 Å².